The maximum Gasteiger partial charge on any atom is 0.326 e. The lowest BCUT2D eigenvalue weighted by atomic mass is 9.92. The number of nitrogens with one attached hydrogen (secondary N) is 1. The number of amides is 2. The Bertz CT molecular complexity index is 578. The number of hydrogen-bond donors (Lipinski definition) is 2. The molecule has 0 aliphatic heterocycles. The second kappa shape index (κ2) is 8.47. The van der Waals surface area contributed by atoms with Crippen molar-refractivity contribution in [1.29, 1.82) is 0 Å². The van der Waals surface area contributed by atoms with Crippen molar-refractivity contribution in [3.05, 3.63) is 35.9 Å². The Balaban J connectivity index is 2.63. The van der Waals surface area contributed by atoms with Crippen molar-refractivity contribution in [2.75, 3.05) is 13.6 Å². The van der Waals surface area contributed by atoms with Gasteiger partial charge >= 0.3 is 5.97 Å². The zero-order chi connectivity index (χ0) is 18.3. The zero-order valence-corrected chi connectivity index (χ0v) is 14.7. The number of carboxylic acid groups (broad SMARTS) is 1. The third-order valence-electron chi connectivity index (χ3n) is 3.55. The third-order valence-corrected chi connectivity index (χ3v) is 3.55. The second-order valence-electron chi connectivity index (χ2n) is 7.06. The van der Waals surface area contributed by atoms with E-state index in [2.05, 4.69) is 5.32 Å². The first-order chi connectivity index (χ1) is 11.1. The SMILES string of the molecule is CN(C(=O)CNC(=O)CC(C)(C)C)C(Cc1ccccc1)C(=O)O. The van der Waals surface area contributed by atoms with E-state index in [4.69, 9.17) is 0 Å². The predicted molar refractivity (Wildman–Crippen MR) is 91.4 cm³/mol. The summed E-state index contributed by atoms with van der Waals surface area (Å²) in [5.41, 5.74) is 0.664. The van der Waals surface area contributed by atoms with E-state index >= 15 is 0 Å². The lowest BCUT2D eigenvalue weighted by molar-refractivity contribution is -0.148. The molecule has 24 heavy (non-hydrogen) atoms. The number of nitrogens with zero attached hydrogens (tertiary/aromatic N) is 1. The maximum atomic E-state index is 12.2. The fourth-order valence-electron chi connectivity index (χ4n) is 2.24. The van der Waals surface area contributed by atoms with Gasteiger partial charge in [0.05, 0.1) is 6.54 Å². The summed E-state index contributed by atoms with van der Waals surface area (Å²) >= 11 is 0. The highest BCUT2D eigenvalue weighted by Crippen LogP contribution is 2.17. The van der Waals surface area contributed by atoms with E-state index in [1.165, 1.54) is 11.9 Å². The number of carbonyl (C=O) groups is 3. The van der Waals surface area contributed by atoms with Gasteiger partial charge in [-0.3, -0.25) is 9.59 Å². The molecule has 0 spiro atoms. The average molecular weight is 334 g/mol. The van der Waals surface area contributed by atoms with Gasteiger partial charge in [0.1, 0.15) is 6.04 Å². The molecule has 0 radical (unpaired) electrons. The third kappa shape index (κ3) is 6.81. The summed E-state index contributed by atoms with van der Waals surface area (Å²) in [6.07, 6.45) is 0.519. The molecular weight excluding hydrogens is 308 g/mol. The van der Waals surface area contributed by atoms with Gasteiger partial charge < -0.3 is 15.3 Å². The highest BCUT2D eigenvalue weighted by molar-refractivity contribution is 5.88. The molecule has 1 atom stereocenters. The van der Waals surface area contributed by atoms with Crippen LogP contribution in [0.2, 0.25) is 0 Å². The normalized spacial score (nSPS) is 12.3. The molecule has 0 aromatic heterocycles. The average Bonchev–Trinajstić information content (AvgIpc) is 2.48. The summed E-state index contributed by atoms with van der Waals surface area (Å²) in [5.74, 6) is -1.73. The molecule has 132 valence electrons. The molecule has 0 saturated heterocycles. The molecule has 0 heterocycles. The van der Waals surface area contributed by atoms with Crippen molar-refractivity contribution in [3.8, 4) is 0 Å². The highest BCUT2D eigenvalue weighted by Gasteiger charge is 2.27. The molecule has 1 unspecified atom stereocenters. The molecule has 6 heteroatoms. The Labute approximate surface area is 142 Å². The number of hydrogen-bond acceptors (Lipinski definition) is 3. The van der Waals surface area contributed by atoms with Crippen molar-refractivity contribution >= 4 is 17.8 Å². The van der Waals surface area contributed by atoms with Gasteiger partial charge in [-0.15, -0.1) is 0 Å². The number of carbonyl (C=O) groups excluding carboxylic acids is 2. The molecule has 0 aliphatic rings. The number of aliphatic carboxylic acids is 1. The van der Waals surface area contributed by atoms with Crippen molar-refractivity contribution in [2.45, 2.75) is 39.7 Å². The topological polar surface area (TPSA) is 86.7 Å². The van der Waals surface area contributed by atoms with E-state index in [0.29, 0.717) is 6.42 Å². The van der Waals surface area contributed by atoms with E-state index in [1.54, 1.807) is 0 Å². The fraction of sp³-hybridized carbons (Fsp3) is 0.500. The summed E-state index contributed by atoms with van der Waals surface area (Å²) in [7, 11) is 1.44. The van der Waals surface area contributed by atoms with Crippen LogP contribution in [0, 0.1) is 5.41 Å². The lowest BCUT2D eigenvalue weighted by Gasteiger charge is -2.25. The van der Waals surface area contributed by atoms with Gasteiger partial charge in [0, 0.05) is 19.9 Å². The summed E-state index contributed by atoms with van der Waals surface area (Å²) in [4.78, 5) is 36.6. The van der Waals surface area contributed by atoms with Crippen molar-refractivity contribution in [3.63, 3.8) is 0 Å². The molecule has 0 bridgehead atoms. The molecule has 0 fully saturated rings. The molecule has 0 aliphatic carbocycles. The van der Waals surface area contributed by atoms with Crippen molar-refractivity contribution < 1.29 is 19.5 Å². The Morgan fingerprint density at radius 1 is 1.17 bits per heavy atom. The van der Waals surface area contributed by atoms with Crippen LogP contribution in [0.5, 0.6) is 0 Å². The van der Waals surface area contributed by atoms with Crippen LogP contribution in [0.15, 0.2) is 30.3 Å². The first-order valence-corrected chi connectivity index (χ1v) is 7.89. The van der Waals surface area contributed by atoms with E-state index < -0.39 is 17.9 Å². The standard InChI is InChI=1S/C18H26N2O4/c1-18(2,3)11-15(21)19-12-16(22)20(4)14(17(23)24)10-13-8-6-5-7-9-13/h5-9,14H,10-12H2,1-4H3,(H,19,21)(H,23,24). The number of benzene rings is 1. The van der Waals surface area contributed by atoms with Crippen LogP contribution in [0.4, 0.5) is 0 Å². The van der Waals surface area contributed by atoms with Crippen LogP contribution in [-0.4, -0.2) is 47.4 Å². The molecule has 2 amide bonds. The molecule has 2 N–H and O–H groups in total. The predicted octanol–water partition coefficient (Wildman–Crippen LogP) is 1.69. The Kier molecular flexibility index (Phi) is 6.95. The van der Waals surface area contributed by atoms with Gasteiger partial charge in [0.25, 0.3) is 0 Å². The van der Waals surface area contributed by atoms with Crippen LogP contribution >= 0.6 is 0 Å². The van der Waals surface area contributed by atoms with Gasteiger partial charge in [-0.1, -0.05) is 51.1 Å². The van der Waals surface area contributed by atoms with Gasteiger partial charge in [-0.25, -0.2) is 4.79 Å². The minimum atomic E-state index is -1.07. The van der Waals surface area contributed by atoms with Crippen LogP contribution < -0.4 is 5.32 Å². The quantitative estimate of drug-likeness (QED) is 0.794. The summed E-state index contributed by atoms with van der Waals surface area (Å²) in [6, 6.07) is 8.16. The monoisotopic (exact) mass is 334 g/mol. The zero-order valence-electron chi connectivity index (χ0n) is 14.7. The lowest BCUT2D eigenvalue weighted by Crippen LogP contribution is -2.48. The second-order valence-corrected chi connectivity index (χ2v) is 7.06. The van der Waals surface area contributed by atoms with Gasteiger partial charge in [0.15, 0.2) is 0 Å². The molecule has 1 aromatic carbocycles. The van der Waals surface area contributed by atoms with Crippen LogP contribution in [0.25, 0.3) is 0 Å². The number of carboxylic acids is 1. The van der Waals surface area contributed by atoms with E-state index in [0.717, 1.165) is 5.56 Å². The highest BCUT2D eigenvalue weighted by atomic mass is 16.4. The molecule has 1 rings (SSSR count). The molecule has 6 nitrogen and oxygen atoms in total. The Morgan fingerprint density at radius 2 is 1.75 bits per heavy atom. The van der Waals surface area contributed by atoms with Crippen LogP contribution in [-0.2, 0) is 20.8 Å². The molecule has 0 saturated carbocycles. The van der Waals surface area contributed by atoms with Crippen LogP contribution in [0.1, 0.15) is 32.8 Å². The fourth-order valence-corrected chi connectivity index (χ4v) is 2.24. The Morgan fingerprint density at radius 3 is 2.25 bits per heavy atom. The first kappa shape index (κ1) is 19.7. The van der Waals surface area contributed by atoms with Crippen molar-refractivity contribution in [2.24, 2.45) is 5.41 Å². The van der Waals surface area contributed by atoms with Crippen LogP contribution in [0.3, 0.4) is 0 Å². The summed E-state index contributed by atoms with van der Waals surface area (Å²) in [5, 5.41) is 12.0. The van der Waals surface area contributed by atoms with E-state index in [-0.39, 0.29) is 24.3 Å². The van der Waals surface area contributed by atoms with Gasteiger partial charge in [-0.05, 0) is 11.0 Å². The summed E-state index contributed by atoms with van der Waals surface area (Å²) < 4.78 is 0. The first-order valence-electron chi connectivity index (χ1n) is 7.89. The number of likely N-dealkylation sites (N-methyl/N-ethyl adjacent to an activating group) is 1. The minimum Gasteiger partial charge on any atom is -0.480 e. The van der Waals surface area contributed by atoms with E-state index in [1.807, 2.05) is 51.1 Å². The minimum absolute atomic E-state index is 0.171. The molecular formula is C18H26N2O4. The van der Waals surface area contributed by atoms with Gasteiger partial charge in [0.2, 0.25) is 11.8 Å². The Hall–Kier alpha value is -2.37. The summed E-state index contributed by atoms with van der Waals surface area (Å²) in [6.45, 7) is 5.59. The van der Waals surface area contributed by atoms with Crippen molar-refractivity contribution in [1.82, 2.24) is 10.2 Å². The van der Waals surface area contributed by atoms with E-state index in [9.17, 15) is 19.5 Å². The maximum absolute atomic E-state index is 12.2. The largest absolute Gasteiger partial charge is 0.480 e. The van der Waals surface area contributed by atoms with Gasteiger partial charge in [-0.2, -0.15) is 0 Å². The number of rotatable bonds is 7. The molecule has 1 aromatic rings. The smallest absolute Gasteiger partial charge is 0.326 e.